The van der Waals surface area contributed by atoms with Crippen LogP contribution in [0.3, 0.4) is 0 Å². The molecular formula is C18H13F3N4O2S. The summed E-state index contributed by atoms with van der Waals surface area (Å²) in [4.78, 5) is 3.79. The molecule has 0 spiro atoms. The number of pyridine rings is 1. The molecule has 0 aliphatic heterocycles. The van der Waals surface area contributed by atoms with Crippen molar-refractivity contribution < 1.29 is 21.6 Å². The fourth-order valence-corrected chi connectivity index (χ4v) is 2.98. The number of alkyl halides is 3. The number of aryl methyl sites for hydroxylation is 1. The fraction of sp³-hybridized carbons (Fsp3) is 0.111. The van der Waals surface area contributed by atoms with Crippen LogP contribution in [-0.4, -0.2) is 23.2 Å². The van der Waals surface area contributed by atoms with Crippen LogP contribution in [0, 0.1) is 11.8 Å². The molecule has 0 saturated heterocycles. The molecule has 0 fully saturated rings. The average Bonchev–Trinajstić information content (AvgIpc) is 2.99. The van der Waals surface area contributed by atoms with E-state index in [0.717, 1.165) is 12.3 Å². The first-order chi connectivity index (χ1) is 13.1. The van der Waals surface area contributed by atoms with Crippen molar-refractivity contribution in [2.75, 3.05) is 0 Å². The van der Waals surface area contributed by atoms with Gasteiger partial charge in [0.1, 0.15) is 5.69 Å². The summed E-state index contributed by atoms with van der Waals surface area (Å²) in [7, 11) is -2.25. The van der Waals surface area contributed by atoms with E-state index in [1.165, 1.54) is 35.1 Å². The summed E-state index contributed by atoms with van der Waals surface area (Å²) in [5.74, 6) is 5.64. The minimum atomic E-state index is -4.48. The Bertz CT molecular complexity index is 1190. The maximum absolute atomic E-state index is 12.7. The number of nitrogens with two attached hydrogens (primary N) is 1. The SMILES string of the molecule is Cn1ncc(C#Cc2cccc(S(N)(=O)=O)c2)c1-c1ccc(C(F)(F)F)cn1. The Morgan fingerprint density at radius 2 is 1.86 bits per heavy atom. The number of benzene rings is 1. The first kappa shape index (κ1) is 19.6. The molecular weight excluding hydrogens is 393 g/mol. The van der Waals surface area contributed by atoms with Crippen LogP contribution in [0.1, 0.15) is 16.7 Å². The van der Waals surface area contributed by atoms with Crippen LogP contribution in [0.25, 0.3) is 11.4 Å². The zero-order chi connectivity index (χ0) is 20.5. The van der Waals surface area contributed by atoms with Crippen molar-refractivity contribution in [3.05, 3.63) is 65.5 Å². The summed E-state index contributed by atoms with van der Waals surface area (Å²) >= 11 is 0. The number of hydrogen-bond acceptors (Lipinski definition) is 4. The highest BCUT2D eigenvalue weighted by molar-refractivity contribution is 7.89. The Kier molecular flexibility index (Phi) is 4.97. The summed E-state index contributed by atoms with van der Waals surface area (Å²) < 4.78 is 62.4. The molecule has 0 atom stereocenters. The van der Waals surface area contributed by atoms with Gasteiger partial charge in [-0.05, 0) is 30.3 Å². The van der Waals surface area contributed by atoms with E-state index in [-0.39, 0.29) is 10.6 Å². The highest BCUT2D eigenvalue weighted by atomic mass is 32.2. The van der Waals surface area contributed by atoms with Gasteiger partial charge < -0.3 is 0 Å². The van der Waals surface area contributed by atoms with Crippen molar-refractivity contribution in [1.82, 2.24) is 14.8 Å². The third-order valence-electron chi connectivity index (χ3n) is 3.78. The first-order valence-corrected chi connectivity index (χ1v) is 9.31. The normalized spacial score (nSPS) is 11.8. The third-order valence-corrected chi connectivity index (χ3v) is 4.69. The van der Waals surface area contributed by atoms with Crippen molar-refractivity contribution in [2.45, 2.75) is 11.1 Å². The number of rotatable bonds is 2. The summed E-state index contributed by atoms with van der Waals surface area (Å²) in [6.45, 7) is 0. The number of nitrogens with zero attached hydrogens (tertiary/aromatic N) is 3. The fourth-order valence-electron chi connectivity index (χ4n) is 2.42. The minimum absolute atomic E-state index is 0.0740. The Balaban J connectivity index is 1.99. The van der Waals surface area contributed by atoms with Crippen LogP contribution < -0.4 is 5.14 Å². The number of primary sulfonamides is 1. The molecule has 6 nitrogen and oxygen atoms in total. The first-order valence-electron chi connectivity index (χ1n) is 7.76. The van der Waals surface area contributed by atoms with Gasteiger partial charge in [0.25, 0.3) is 0 Å². The van der Waals surface area contributed by atoms with E-state index < -0.39 is 21.8 Å². The molecule has 2 heterocycles. The van der Waals surface area contributed by atoms with E-state index >= 15 is 0 Å². The molecule has 0 aliphatic carbocycles. The Morgan fingerprint density at radius 3 is 2.46 bits per heavy atom. The average molecular weight is 406 g/mol. The molecule has 0 unspecified atom stereocenters. The number of hydrogen-bond donors (Lipinski definition) is 1. The van der Waals surface area contributed by atoms with Crippen molar-refractivity contribution in [3.8, 4) is 23.2 Å². The lowest BCUT2D eigenvalue weighted by Gasteiger charge is -2.07. The predicted octanol–water partition coefficient (Wildman–Crippen LogP) is 2.55. The number of aromatic nitrogens is 3. The second-order valence-electron chi connectivity index (χ2n) is 5.78. The van der Waals surface area contributed by atoms with E-state index in [0.29, 0.717) is 16.8 Å². The predicted molar refractivity (Wildman–Crippen MR) is 95.2 cm³/mol. The minimum Gasteiger partial charge on any atom is -0.265 e. The van der Waals surface area contributed by atoms with E-state index in [1.807, 2.05) is 0 Å². The smallest absolute Gasteiger partial charge is 0.265 e. The van der Waals surface area contributed by atoms with Crippen molar-refractivity contribution >= 4 is 10.0 Å². The van der Waals surface area contributed by atoms with Crippen molar-refractivity contribution in [2.24, 2.45) is 12.2 Å². The largest absolute Gasteiger partial charge is 0.417 e. The molecule has 10 heteroatoms. The second-order valence-corrected chi connectivity index (χ2v) is 7.34. The van der Waals surface area contributed by atoms with Gasteiger partial charge in [0.2, 0.25) is 10.0 Å². The topological polar surface area (TPSA) is 90.9 Å². The van der Waals surface area contributed by atoms with E-state index in [4.69, 9.17) is 5.14 Å². The lowest BCUT2D eigenvalue weighted by atomic mass is 10.1. The molecule has 2 N–H and O–H groups in total. The standard InChI is InChI=1S/C18H13F3N4O2S/c1-25-17(16-8-7-14(11-23-16)18(19,20)21)13(10-24-25)6-5-12-3-2-4-15(9-12)28(22,26)27/h2-4,7-11H,1H3,(H2,22,26,27). The summed E-state index contributed by atoms with van der Waals surface area (Å²) in [5, 5.41) is 9.17. The second kappa shape index (κ2) is 7.10. The summed E-state index contributed by atoms with van der Waals surface area (Å²) in [6.07, 6.45) is -2.28. The maximum atomic E-state index is 12.7. The van der Waals surface area contributed by atoms with Crippen molar-refractivity contribution in [1.29, 1.82) is 0 Å². The van der Waals surface area contributed by atoms with E-state index in [2.05, 4.69) is 21.9 Å². The molecule has 3 aromatic rings. The van der Waals surface area contributed by atoms with E-state index in [9.17, 15) is 21.6 Å². The van der Waals surface area contributed by atoms with Crippen LogP contribution in [0.5, 0.6) is 0 Å². The van der Waals surface area contributed by atoms with Crippen LogP contribution in [0.15, 0.2) is 53.7 Å². The highest BCUT2D eigenvalue weighted by Crippen LogP contribution is 2.30. The molecule has 2 aromatic heterocycles. The monoisotopic (exact) mass is 406 g/mol. The molecule has 0 saturated carbocycles. The molecule has 0 amide bonds. The Hall–Kier alpha value is -3.16. The molecule has 144 valence electrons. The van der Waals surface area contributed by atoms with Gasteiger partial charge in [0, 0.05) is 18.8 Å². The van der Waals surface area contributed by atoms with Gasteiger partial charge in [-0.2, -0.15) is 18.3 Å². The zero-order valence-electron chi connectivity index (χ0n) is 14.4. The number of halogens is 3. The van der Waals surface area contributed by atoms with Gasteiger partial charge in [0.15, 0.2) is 0 Å². The number of sulfonamides is 1. The highest BCUT2D eigenvalue weighted by Gasteiger charge is 2.30. The molecule has 0 bridgehead atoms. The molecule has 0 radical (unpaired) electrons. The summed E-state index contributed by atoms with van der Waals surface area (Å²) in [5.41, 5.74) is 0.683. The van der Waals surface area contributed by atoms with Gasteiger partial charge in [-0.15, -0.1) is 0 Å². The molecule has 1 aromatic carbocycles. The van der Waals surface area contributed by atoms with Crippen LogP contribution in [0.4, 0.5) is 13.2 Å². The molecule has 28 heavy (non-hydrogen) atoms. The van der Waals surface area contributed by atoms with Gasteiger partial charge in [-0.1, -0.05) is 17.9 Å². The Morgan fingerprint density at radius 1 is 1.11 bits per heavy atom. The van der Waals surface area contributed by atoms with Crippen LogP contribution in [-0.2, 0) is 23.2 Å². The lowest BCUT2D eigenvalue weighted by Crippen LogP contribution is -2.11. The van der Waals surface area contributed by atoms with E-state index in [1.54, 1.807) is 13.1 Å². The Labute approximate surface area is 158 Å². The van der Waals surface area contributed by atoms with Crippen LogP contribution in [0.2, 0.25) is 0 Å². The molecule has 0 aliphatic rings. The van der Waals surface area contributed by atoms with Gasteiger partial charge in [-0.3, -0.25) is 9.67 Å². The van der Waals surface area contributed by atoms with Gasteiger partial charge >= 0.3 is 6.18 Å². The molecule has 3 rings (SSSR count). The maximum Gasteiger partial charge on any atom is 0.417 e. The quantitative estimate of drug-likeness (QED) is 0.662. The van der Waals surface area contributed by atoms with Crippen LogP contribution >= 0.6 is 0 Å². The lowest BCUT2D eigenvalue weighted by molar-refractivity contribution is -0.137. The van der Waals surface area contributed by atoms with Gasteiger partial charge in [0.05, 0.1) is 27.9 Å². The summed E-state index contributed by atoms with van der Waals surface area (Å²) in [6, 6.07) is 7.96. The third kappa shape index (κ3) is 4.21. The zero-order valence-corrected chi connectivity index (χ0v) is 15.2. The van der Waals surface area contributed by atoms with Crippen molar-refractivity contribution in [3.63, 3.8) is 0 Å². The van der Waals surface area contributed by atoms with Gasteiger partial charge in [-0.25, -0.2) is 13.6 Å².